The first-order valence-corrected chi connectivity index (χ1v) is 9.85. The van der Waals surface area contributed by atoms with Gasteiger partial charge in [-0.1, -0.05) is 41.1 Å². The summed E-state index contributed by atoms with van der Waals surface area (Å²) in [6.07, 6.45) is 1.86. The molecule has 0 radical (unpaired) electrons. The highest BCUT2D eigenvalue weighted by Crippen LogP contribution is 2.29. The molecule has 1 aromatic heterocycles. The van der Waals surface area contributed by atoms with Crippen molar-refractivity contribution in [3.05, 3.63) is 70.0 Å². The van der Waals surface area contributed by atoms with Gasteiger partial charge in [-0.25, -0.2) is 0 Å². The minimum Gasteiger partial charge on any atom is -0.339 e. The summed E-state index contributed by atoms with van der Waals surface area (Å²) in [4.78, 5) is 19.4. The fourth-order valence-corrected chi connectivity index (χ4v) is 3.92. The van der Waals surface area contributed by atoms with Crippen LogP contribution in [0.2, 0.25) is 0 Å². The molecular weight excluding hydrogens is 406 g/mol. The van der Waals surface area contributed by atoms with Gasteiger partial charge in [0.15, 0.2) is 0 Å². The van der Waals surface area contributed by atoms with Gasteiger partial charge in [0.05, 0.1) is 11.5 Å². The quantitative estimate of drug-likeness (QED) is 0.602. The van der Waals surface area contributed by atoms with Crippen LogP contribution in [-0.2, 0) is 0 Å². The molecular formula is C21H20BrN3O2. The van der Waals surface area contributed by atoms with E-state index >= 15 is 0 Å². The van der Waals surface area contributed by atoms with Crippen LogP contribution in [0.15, 0.2) is 57.5 Å². The molecule has 5 nitrogen and oxygen atoms in total. The Kier molecular flexibility index (Phi) is 5.07. The Hall–Kier alpha value is -2.47. The minimum absolute atomic E-state index is 0.0330. The number of carbonyl (C=O) groups excluding carboxylic acids is 1. The Balaban J connectivity index is 1.52. The number of piperidine rings is 1. The van der Waals surface area contributed by atoms with E-state index in [1.165, 1.54) is 0 Å². The maximum atomic E-state index is 12.9. The lowest BCUT2D eigenvalue weighted by molar-refractivity contribution is 0.0694. The van der Waals surface area contributed by atoms with Gasteiger partial charge in [-0.2, -0.15) is 4.98 Å². The maximum absolute atomic E-state index is 12.9. The topological polar surface area (TPSA) is 59.2 Å². The van der Waals surface area contributed by atoms with Crippen LogP contribution < -0.4 is 0 Å². The minimum atomic E-state index is 0.0330. The van der Waals surface area contributed by atoms with Crippen LogP contribution >= 0.6 is 15.9 Å². The molecule has 2 aromatic carbocycles. The molecule has 0 bridgehead atoms. The maximum Gasteiger partial charge on any atom is 0.255 e. The lowest BCUT2D eigenvalue weighted by Gasteiger charge is -2.31. The fraction of sp³-hybridized carbons (Fsp3) is 0.286. The summed E-state index contributed by atoms with van der Waals surface area (Å²) in [6, 6.07) is 15.6. The average Bonchev–Trinajstić information content (AvgIpc) is 3.18. The van der Waals surface area contributed by atoms with Crippen LogP contribution in [0, 0.1) is 6.92 Å². The van der Waals surface area contributed by atoms with Gasteiger partial charge in [0, 0.05) is 23.1 Å². The molecule has 138 valence electrons. The smallest absolute Gasteiger partial charge is 0.255 e. The lowest BCUT2D eigenvalue weighted by atomic mass is 9.97. The summed E-state index contributed by atoms with van der Waals surface area (Å²) in [7, 11) is 0. The number of hydrogen-bond donors (Lipinski definition) is 0. The van der Waals surface area contributed by atoms with E-state index in [1.807, 2.05) is 60.4 Å². The standard InChI is InChI=1S/C21H20BrN3O2/c1-14-6-4-7-15(12-14)19-23-20(27-24-19)16-8-5-11-25(13-16)21(26)17-9-2-3-10-18(17)22/h2-4,6-7,9-10,12,16H,5,8,11,13H2,1H3. The van der Waals surface area contributed by atoms with E-state index in [2.05, 4.69) is 26.1 Å². The lowest BCUT2D eigenvalue weighted by Crippen LogP contribution is -2.39. The third-order valence-corrected chi connectivity index (χ3v) is 5.57. The number of amides is 1. The first-order valence-electron chi connectivity index (χ1n) is 9.06. The average molecular weight is 426 g/mol. The molecule has 1 unspecified atom stereocenters. The fourth-order valence-electron chi connectivity index (χ4n) is 3.47. The summed E-state index contributed by atoms with van der Waals surface area (Å²) >= 11 is 3.47. The van der Waals surface area contributed by atoms with Crippen LogP contribution in [0.5, 0.6) is 0 Å². The first kappa shape index (κ1) is 17.9. The number of halogens is 1. The van der Waals surface area contributed by atoms with E-state index in [-0.39, 0.29) is 11.8 Å². The van der Waals surface area contributed by atoms with Gasteiger partial charge in [0.2, 0.25) is 11.7 Å². The van der Waals surface area contributed by atoms with Crippen molar-refractivity contribution in [3.63, 3.8) is 0 Å². The SMILES string of the molecule is Cc1cccc(-c2noc(C3CCCN(C(=O)c4ccccc4Br)C3)n2)c1. The van der Waals surface area contributed by atoms with E-state index < -0.39 is 0 Å². The van der Waals surface area contributed by atoms with Gasteiger partial charge in [-0.3, -0.25) is 4.79 Å². The molecule has 0 N–H and O–H groups in total. The molecule has 2 heterocycles. The Labute approximate surface area is 166 Å². The number of hydrogen-bond acceptors (Lipinski definition) is 4. The summed E-state index contributed by atoms with van der Waals surface area (Å²) in [5.74, 6) is 1.31. The number of nitrogens with zero attached hydrogens (tertiary/aromatic N) is 3. The molecule has 27 heavy (non-hydrogen) atoms. The predicted molar refractivity (Wildman–Crippen MR) is 106 cm³/mol. The first-order chi connectivity index (χ1) is 13.1. The molecule has 1 saturated heterocycles. The zero-order chi connectivity index (χ0) is 18.8. The van der Waals surface area contributed by atoms with Crippen LogP contribution in [-0.4, -0.2) is 34.0 Å². The summed E-state index contributed by atoms with van der Waals surface area (Å²) in [5, 5.41) is 4.15. The summed E-state index contributed by atoms with van der Waals surface area (Å²) < 4.78 is 6.36. The highest BCUT2D eigenvalue weighted by atomic mass is 79.9. The van der Waals surface area contributed by atoms with E-state index in [1.54, 1.807) is 0 Å². The molecule has 1 aliphatic rings. The second-order valence-electron chi connectivity index (χ2n) is 6.90. The Bertz CT molecular complexity index is 969. The number of carbonyl (C=O) groups is 1. The van der Waals surface area contributed by atoms with E-state index in [0.29, 0.717) is 23.8 Å². The van der Waals surface area contributed by atoms with Crippen molar-refractivity contribution in [2.24, 2.45) is 0 Å². The van der Waals surface area contributed by atoms with Gasteiger partial charge < -0.3 is 9.42 Å². The Morgan fingerprint density at radius 1 is 1.22 bits per heavy atom. The third-order valence-electron chi connectivity index (χ3n) is 4.88. The van der Waals surface area contributed by atoms with Crippen molar-refractivity contribution in [1.29, 1.82) is 0 Å². The molecule has 1 aliphatic heterocycles. The number of rotatable bonds is 3. The van der Waals surface area contributed by atoms with Crippen molar-refractivity contribution in [1.82, 2.24) is 15.0 Å². The molecule has 1 atom stereocenters. The highest BCUT2D eigenvalue weighted by Gasteiger charge is 2.29. The van der Waals surface area contributed by atoms with Crippen molar-refractivity contribution >= 4 is 21.8 Å². The van der Waals surface area contributed by atoms with Crippen LogP contribution in [0.3, 0.4) is 0 Å². The molecule has 0 aliphatic carbocycles. The van der Waals surface area contributed by atoms with Crippen LogP contribution in [0.4, 0.5) is 0 Å². The van der Waals surface area contributed by atoms with Crippen molar-refractivity contribution in [2.75, 3.05) is 13.1 Å². The van der Waals surface area contributed by atoms with Crippen molar-refractivity contribution in [2.45, 2.75) is 25.7 Å². The molecule has 1 amide bonds. The predicted octanol–water partition coefficient (Wildman–Crippen LogP) is 4.83. The van der Waals surface area contributed by atoms with Gasteiger partial charge in [-0.15, -0.1) is 0 Å². The van der Waals surface area contributed by atoms with Crippen molar-refractivity contribution in [3.8, 4) is 11.4 Å². The zero-order valence-electron chi connectivity index (χ0n) is 15.1. The Morgan fingerprint density at radius 3 is 2.89 bits per heavy atom. The molecule has 6 heteroatoms. The third kappa shape index (κ3) is 3.81. The normalized spacial score (nSPS) is 17.1. The van der Waals surface area contributed by atoms with Gasteiger partial charge in [-0.05, 0) is 53.9 Å². The monoisotopic (exact) mass is 425 g/mol. The van der Waals surface area contributed by atoms with Gasteiger partial charge >= 0.3 is 0 Å². The number of likely N-dealkylation sites (tertiary alicyclic amines) is 1. The second-order valence-corrected chi connectivity index (χ2v) is 7.75. The van der Waals surface area contributed by atoms with Crippen LogP contribution in [0.25, 0.3) is 11.4 Å². The summed E-state index contributed by atoms with van der Waals surface area (Å²) in [5.41, 5.74) is 2.79. The van der Waals surface area contributed by atoms with E-state index in [0.717, 1.165) is 35.0 Å². The molecule has 0 spiro atoms. The van der Waals surface area contributed by atoms with Gasteiger partial charge in [0.25, 0.3) is 5.91 Å². The molecule has 3 aromatic rings. The van der Waals surface area contributed by atoms with E-state index in [9.17, 15) is 4.79 Å². The van der Waals surface area contributed by atoms with E-state index in [4.69, 9.17) is 4.52 Å². The molecule has 1 fully saturated rings. The number of benzene rings is 2. The number of aromatic nitrogens is 2. The molecule has 0 saturated carbocycles. The van der Waals surface area contributed by atoms with Crippen LogP contribution in [0.1, 0.15) is 40.6 Å². The number of aryl methyl sites for hydroxylation is 1. The van der Waals surface area contributed by atoms with Gasteiger partial charge in [0.1, 0.15) is 0 Å². The Morgan fingerprint density at radius 2 is 2.07 bits per heavy atom. The largest absolute Gasteiger partial charge is 0.339 e. The molecule has 4 rings (SSSR count). The highest BCUT2D eigenvalue weighted by molar-refractivity contribution is 9.10. The zero-order valence-corrected chi connectivity index (χ0v) is 16.6. The second kappa shape index (κ2) is 7.64. The summed E-state index contributed by atoms with van der Waals surface area (Å²) in [6.45, 7) is 3.38. The van der Waals surface area contributed by atoms with Crippen molar-refractivity contribution < 1.29 is 9.32 Å².